The van der Waals surface area contributed by atoms with Crippen LogP contribution >= 0.6 is 0 Å². The summed E-state index contributed by atoms with van der Waals surface area (Å²) in [6, 6.07) is -1.54. The minimum atomic E-state index is -0.784. The van der Waals surface area contributed by atoms with Crippen LogP contribution in [0.1, 0.15) is 71.6 Å². The average Bonchev–Trinajstić information content (AvgIpc) is 3.15. The van der Waals surface area contributed by atoms with E-state index in [0.29, 0.717) is 38.2 Å². The van der Waals surface area contributed by atoms with Crippen LogP contribution in [0.25, 0.3) is 0 Å². The number of hydrogen-bond acceptors (Lipinski definition) is 5. The second-order valence-electron chi connectivity index (χ2n) is 10.4. The third kappa shape index (κ3) is 7.20. The summed E-state index contributed by atoms with van der Waals surface area (Å²) >= 11 is 0. The van der Waals surface area contributed by atoms with Gasteiger partial charge in [-0.2, -0.15) is 0 Å². The third-order valence-corrected chi connectivity index (χ3v) is 7.18. The first kappa shape index (κ1) is 24.5. The van der Waals surface area contributed by atoms with Crippen molar-refractivity contribution in [2.75, 3.05) is 13.2 Å². The number of ether oxygens (including phenoxy) is 1. The Balaban J connectivity index is 1.48. The zero-order valence-corrected chi connectivity index (χ0v) is 19.4. The molecule has 3 N–H and O–H groups in total. The van der Waals surface area contributed by atoms with Crippen molar-refractivity contribution >= 4 is 24.2 Å². The maximum Gasteiger partial charge on any atom is 0.407 e. The Hall–Kier alpha value is -2.12. The lowest BCUT2D eigenvalue weighted by Crippen LogP contribution is -2.51. The number of amides is 3. The molecule has 2 aliphatic carbocycles. The van der Waals surface area contributed by atoms with Crippen LogP contribution in [0.4, 0.5) is 4.79 Å². The first-order valence-electron chi connectivity index (χ1n) is 12.3. The number of carbonyl (C=O) groups is 4. The summed E-state index contributed by atoms with van der Waals surface area (Å²) in [5, 5.41) is 8.14. The van der Waals surface area contributed by atoms with Gasteiger partial charge in [0.15, 0.2) is 0 Å². The standard InChI is InChI=1S/C24H39N3O5/c1-15(2)8-21(23(30)26-20(13-28)12-19-6-7-25-22(19)29)27-24(31)32-14-18-10-16-4-3-5-17(9-16)11-18/h13,15-21H,3-12,14H2,1-2H3,(H,25,29)(H,26,30)(H,27,31)/t16?,17?,18?,19-,20+,21+/m1/s1. The highest BCUT2D eigenvalue weighted by molar-refractivity contribution is 5.88. The van der Waals surface area contributed by atoms with Crippen molar-refractivity contribution in [2.24, 2.45) is 29.6 Å². The monoisotopic (exact) mass is 449 g/mol. The fourth-order valence-corrected chi connectivity index (χ4v) is 5.69. The maximum absolute atomic E-state index is 12.8. The molecule has 8 heteroatoms. The summed E-state index contributed by atoms with van der Waals surface area (Å²) in [6.07, 6.45) is 8.89. The Bertz CT molecular complexity index is 671. The molecular formula is C24H39N3O5. The van der Waals surface area contributed by atoms with Gasteiger partial charge in [-0.05, 0) is 62.2 Å². The molecule has 2 bridgehead atoms. The molecule has 0 aromatic heterocycles. The van der Waals surface area contributed by atoms with Gasteiger partial charge in [-0.1, -0.05) is 33.1 Å². The normalized spacial score (nSPS) is 29.0. The van der Waals surface area contributed by atoms with E-state index in [1.54, 1.807) is 0 Å². The SMILES string of the molecule is CC(C)C[C@H](NC(=O)OCC1CC2CCCC(C2)C1)C(=O)N[C@H](C=O)C[C@H]1CCNC1=O. The van der Waals surface area contributed by atoms with Crippen molar-refractivity contribution < 1.29 is 23.9 Å². The highest BCUT2D eigenvalue weighted by atomic mass is 16.5. The van der Waals surface area contributed by atoms with Crippen LogP contribution in [0.3, 0.4) is 0 Å². The Morgan fingerprint density at radius 3 is 2.44 bits per heavy atom. The van der Waals surface area contributed by atoms with E-state index in [1.165, 1.54) is 25.7 Å². The molecule has 2 saturated carbocycles. The highest BCUT2D eigenvalue weighted by Crippen LogP contribution is 2.42. The van der Waals surface area contributed by atoms with Gasteiger partial charge < -0.3 is 25.5 Å². The minimum Gasteiger partial charge on any atom is -0.449 e. The van der Waals surface area contributed by atoms with Crippen molar-refractivity contribution in [3.8, 4) is 0 Å². The van der Waals surface area contributed by atoms with Crippen molar-refractivity contribution in [2.45, 2.75) is 83.7 Å². The fraction of sp³-hybridized carbons (Fsp3) is 0.833. The van der Waals surface area contributed by atoms with Crippen LogP contribution in [0, 0.1) is 29.6 Å². The fourth-order valence-electron chi connectivity index (χ4n) is 5.69. The zero-order chi connectivity index (χ0) is 23.1. The van der Waals surface area contributed by atoms with E-state index < -0.39 is 24.1 Å². The molecule has 1 aliphatic heterocycles. The van der Waals surface area contributed by atoms with Crippen LogP contribution in [0.15, 0.2) is 0 Å². The van der Waals surface area contributed by atoms with E-state index in [0.717, 1.165) is 24.7 Å². The van der Waals surface area contributed by atoms with Crippen molar-refractivity contribution in [3.63, 3.8) is 0 Å². The van der Waals surface area contributed by atoms with Crippen molar-refractivity contribution in [3.05, 3.63) is 0 Å². The molecule has 1 saturated heterocycles. The van der Waals surface area contributed by atoms with Crippen LogP contribution in [0.2, 0.25) is 0 Å². The summed E-state index contributed by atoms with van der Waals surface area (Å²) in [5.74, 6) is 1.32. The lowest BCUT2D eigenvalue weighted by Gasteiger charge is -2.38. The lowest BCUT2D eigenvalue weighted by atomic mass is 9.68. The van der Waals surface area contributed by atoms with Gasteiger partial charge in [0, 0.05) is 12.5 Å². The molecule has 3 amide bonds. The maximum atomic E-state index is 12.8. The molecule has 180 valence electrons. The molecule has 0 spiro atoms. The Morgan fingerprint density at radius 2 is 1.84 bits per heavy atom. The van der Waals surface area contributed by atoms with E-state index >= 15 is 0 Å². The number of carbonyl (C=O) groups excluding carboxylic acids is 4. The molecule has 32 heavy (non-hydrogen) atoms. The van der Waals surface area contributed by atoms with Crippen molar-refractivity contribution in [1.29, 1.82) is 0 Å². The Labute approximate surface area is 191 Å². The second-order valence-corrected chi connectivity index (χ2v) is 10.4. The molecule has 0 aromatic rings. The Morgan fingerprint density at radius 1 is 1.12 bits per heavy atom. The molecule has 8 nitrogen and oxygen atoms in total. The average molecular weight is 450 g/mol. The van der Waals surface area contributed by atoms with Crippen LogP contribution in [-0.2, 0) is 19.1 Å². The smallest absolute Gasteiger partial charge is 0.407 e. The molecular weight excluding hydrogens is 410 g/mol. The molecule has 0 aromatic carbocycles. The zero-order valence-electron chi connectivity index (χ0n) is 19.4. The molecule has 3 fully saturated rings. The number of nitrogens with one attached hydrogen (secondary N) is 3. The van der Waals surface area contributed by atoms with E-state index in [4.69, 9.17) is 4.74 Å². The molecule has 3 aliphatic rings. The minimum absolute atomic E-state index is 0.0848. The predicted molar refractivity (Wildman–Crippen MR) is 120 cm³/mol. The van der Waals surface area contributed by atoms with Crippen LogP contribution < -0.4 is 16.0 Å². The molecule has 5 atom stereocenters. The van der Waals surface area contributed by atoms with E-state index in [2.05, 4.69) is 16.0 Å². The first-order valence-corrected chi connectivity index (χ1v) is 12.3. The summed E-state index contributed by atoms with van der Waals surface area (Å²) in [4.78, 5) is 48.6. The van der Waals surface area contributed by atoms with Gasteiger partial charge in [0.25, 0.3) is 0 Å². The van der Waals surface area contributed by atoms with E-state index in [1.807, 2.05) is 13.8 Å². The third-order valence-electron chi connectivity index (χ3n) is 7.18. The van der Waals surface area contributed by atoms with Gasteiger partial charge in [-0.25, -0.2) is 4.79 Å². The quantitative estimate of drug-likeness (QED) is 0.444. The number of rotatable bonds is 10. The summed E-state index contributed by atoms with van der Waals surface area (Å²) in [6.45, 7) is 4.92. The number of aldehydes is 1. The summed E-state index contributed by atoms with van der Waals surface area (Å²) < 4.78 is 5.51. The topological polar surface area (TPSA) is 114 Å². The predicted octanol–water partition coefficient (Wildman–Crippen LogP) is 2.55. The molecule has 2 unspecified atom stereocenters. The summed E-state index contributed by atoms with van der Waals surface area (Å²) in [7, 11) is 0. The lowest BCUT2D eigenvalue weighted by molar-refractivity contribution is -0.127. The van der Waals surface area contributed by atoms with Gasteiger partial charge in [-0.3, -0.25) is 9.59 Å². The number of fused-ring (bicyclic) bond motifs is 2. The van der Waals surface area contributed by atoms with Crippen LogP contribution in [0.5, 0.6) is 0 Å². The largest absolute Gasteiger partial charge is 0.449 e. The first-order chi connectivity index (χ1) is 15.3. The van der Waals surface area contributed by atoms with E-state index in [9.17, 15) is 19.2 Å². The van der Waals surface area contributed by atoms with Crippen LogP contribution in [-0.4, -0.2) is 49.4 Å². The number of alkyl carbamates (subject to hydrolysis) is 1. The van der Waals surface area contributed by atoms with Gasteiger partial charge in [0.2, 0.25) is 11.8 Å². The molecule has 3 rings (SSSR count). The molecule has 0 radical (unpaired) electrons. The Kier molecular flexibility index (Phi) is 8.93. The highest BCUT2D eigenvalue weighted by Gasteiger charge is 2.33. The molecule has 1 heterocycles. The van der Waals surface area contributed by atoms with Gasteiger partial charge in [-0.15, -0.1) is 0 Å². The van der Waals surface area contributed by atoms with Gasteiger partial charge in [0.05, 0.1) is 12.6 Å². The summed E-state index contributed by atoms with van der Waals surface area (Å²) in [5.41, 5.74) is 0. The van der Waals surface area contributed by atoms with Gasteiger partial charge in [0.1, 0.15) is 12.3 Å². The van der Waals surface area contributed by atoms with Gasteiger partial charge >= 0.3 is 6.09 Å². The van der Waals surface area contributed by atoms with Crippen molar-refractivity contribution in [1.82, 2.24) is 16.0 Å². The number of hydrogen-bond donors (Lipinski definition) is 3. The second kappa shape index (κ2) is 11.7. The van der Waals surface area contributed by atoms with E-state index in [-0.39, 0.29) is 24.2 Å².